The predicted octanol–water partition coefficient (Wildman–Crippen LogP) is 4.45. The molecular formula is C22H23F3N4O3. The molecule has 3 aromatic rings. The number of amides is 1. The molecule has 0 spiro atoms. The Morgan fingerprint density at radius 3 is 2.31 bits per heavy atom. The van der Waals surface area contributed by atoms with Gasteiger partial charge < -0.3 is 14.4 Å². The summed E-state index contributed by atoms with van der Waals surface area (Å²) in [6.45, 7) is 1.13. The van der Waals surface area contributed by atoms with E-state index in [1.165, 1.54) is 20.4 Å². The van der Waals surface area contributed by atoms with Crippen molar-refractivity contribution < 1.29 is 27.4 Å². The molecule has 0 unspecified atom stereocenters. The number of halogens is 3. The van der Waals surface area contributed by atoms with Crippen molar-refractivity contribution in [2.75, 3.05) is 27.3 Å². The van der Waals surface area contributed by atoms with E-state index < -0.39 is 11.9 Å². The van der Waals surface area contributed by atoms with Gasteiger partial charge in [-0.15, -0.1) is 0 Å². The van der Waals surface area contributed by atoms with Gasteiger partial charge in [-0.3, -0.25) is 4.79 Å². The number of aromatic nitrogens is 3. The van der Waals surface area contributed by atoms with Crippen LogP contribution in [0.4, 0.5) is 13.2 Å². The zero-order valence-corrected chi connectivity index (χ0v) is 17.8. The summed E-state index contributed by atoms with van der Waals surface area (Å²) in [4.78, 5) is 19.2. The quantitative estimate of drug-likeness (QED) is 0.590. The van der Waals surface area contributed by atoms with Gasteiger partial charge >= 0.3 is 6.18 Å². The molecule has 2 aromatic heterocycles. The second-order valence-corrected chi connectivity index (χ2v) is 7.59. The van der Waals surface area contributed by atoms with Crippen molar-refractivity contribution in [1.29, 1.82) is 0 Å². The van der Waals surface area contributed by atoms with Crippen molar-refractivity contribution in [2.24, 2.45) is 0 Å². The number of likely N-dealkylation sites (tertiary alicyclic amines) is 1. The van der Waals surface area contributed by atoms with Crippen LogP contribution >= 0.6 is 0 Å². The SMILES string of the molecule is COc1ccc(-c2cc(C(F)(F)F)n3ncc(C(=O)N4CCCCCC4)c3n2)cc1OC. The molecule has 3 heterocycles. The summed E-state index contributed by atoms with van der Waals surface area (Å²) in [5, 5.41) is 3.86. The van der Waals surface area contributed by atoms with Gasteiger partial charge in [0.15, 0.2) is 22.8 Å². The summed E-state index contributed by atoms with van der Waals surface area (Å²) in [5.41, 5.74) is -0.637. The lowest BCUT2D eigenvalue weighted by Crippen LogP contribution is -2.31. The topological polar surface area (TPSA) is 69.0 Å². The largest absolute Gasteiger partial charge is 0.493 e. The molecule has 1 fully saturated rings. The van der Waals surface area contributed by atoms with Crippen molar-refractivity contribution in [1.82, 2.24) is 19.5 Å². The first kappa shape index (κ1) is 21.9. The third-order valence-electron chi connectivity index (χ3n) is 5.57. The second-order valence-electron chi connectivity index (χ2n) is 7.59. The van der Waals surface area contributed by atoms with Crippen molar-refractivity contribution in [2.45, 2.75) is 31.9 Å². The Morgan fingerprint density at radius 2 is 1.69 bits per heavy atom. The first-order chi connectivity index (χ1) is 15.3. The molecule has 1 aromatic carbocycles. The third-order valence-corrected chi connectivity index (χ3v) is 5.57. The van der Waals surface area contributed by atoms with Crippen LogP contribution in [0.25, 0.3) is 16.9 Å². The fraction of sp³-hybridized carbons (Fsp3) is 0.409. The summed E-state index contributed by atoms with van der Waals surface area (Å²) in [6.07, 6.45) is 0.258. The lowest BCUT2D eigenvalue weighted by molar-refractivity contribution is -0.142. The molecule has 0 N–H and O–H groups in total. The van der Waals surface area contributed by atoms with Gasteiger partial charge in [-0.1, -0.05) is 12.8 Å². The lowest BCUT2D eigenvalue weighted by atomic mass is 10.1. The number of hydrogen-bond acceptors (Lipinski definition) is 5. The molecule has 10 heteroatoms. The Kier molecular flexibility index (Phi) is 5.94. The number of fused-ring (bicyclic) bond motifs is 1. The lowest BCUT2D eigenvalue weighted by Gasteiger charge is -2.19. The molecule has 4 rings (SSSR count). The zero-order chi connectivity index (χ0) is 22.9. The van der Waals surface area contributed by atoms with Crippen molar-refractivity contribution >= 4 is 11.6 Å². The maximum atomic E-state index is 13.9. The molecule has 0 radical (unpaired) electrons. The van der Waals surface area contributed by atoms with Crippen LogP contribution in [-0.2, 0) is 6.18 Å². The molecule has 7 nitrogen and oxygen atoms in total. The van der Waals surface area contributed by atoms with Crippen LogP contribution in [0.2, 0.25) is 0 Å². The van der Waals surface area contributed by atoms with Gasteiger partial charge in [0.25, 0.3) is 5.91 Å². The van der Waals surface area contributed by atoms with E-state index in [9.17, 15) is 18.0 Å². The standard InChI is InChI=1S/C22H23F3N4O3/c1-31-17-8-7-14(11-18(17)32-2)16-12-19(22(23,24)25)29-20(27-16)15(13-26-29)21(30)28-9-5-3-4-6-10-28/h7-8,11-13H,3-6,9-10H2,1-2H3. The van der Waals surface area contributed by atoms with Crippen LogP contribution in [0.15, 0.2) is 30.5 Å². The molecule has 0 bridgehead atoms. The Bertz CT molecular complexity index is 1140. The van der Waals surface area contributed by atoms with Gasteiger partial charge in [-0.25, -0.2) is 9.50 Å². The van der Waals surface area contributed by atoms with E-state index in [2.05, 4.69) is 10.1 Å². The molecule has 1 amide bonds. The smallest absolute Gasteiger partial charge is 0.433 e. The van der Waals surface area contributed by atoms with Gasteiger partial charge in [0.2, 0.25) is 0 Å². The van der Waals surface area contributed by atoms with Crippen LogP contribution in [0, 0.1) is 0 Å². The average molecular weight is 448 g/mol. The Balaban J connectivity index is 1.86. The maximum absolute atomic E-state index is 13.9. The van der Waals surface area contributed by atoms with Gasteiger partial charge in [0, 0.05) is 18.7 Å². The number of benzene rings is 1. The minimum absolute atomic E-state index is 0.0520. The number of carbonyl (C=O) groups excluding carboxylic acids is 1. The van der Waals surface area contributed by atoms with E-state index in [0.29, 0.717) is 34.7 Å². The molecule has 0 atom stereocenters. The monoisotopic (exact) mass is 448 g/mol. The van der Waals surface area contributed by atoms with Gasteiger partial charge in [0.05, 0.1) is 26.1 Å². The average Bonchev–Trinajstić information content (AvgIpc) is 3.01. The first-order valence-electron chi connectivity index (χ1n) is 10.3. The van der Waals surface area contributed by atoms with E-state index in [1.54, 1.807) is 23.1 Å². The Hall–Kier alpha value is -3.30. The maximum Gasteiger partial charge on any atom is 0.433 e. The molecular weight excluding hydrogens is 425 g/mol. The van der Waals surface area contributed by atoms with Crippen LogP contribution in [0.1, 0.15) is 41.7 Å². The fourth-order valence-electron chi connectivity index (χ4n) is 3.90. The van der Waals surface area contributed by atoms with Gasteiger partial charge in [0.1, 0.15) is 5.56 Å². The second kappa shape index (κ2) is 8.68. The predicted molar refractivity (Wildman–Crippen MR) is 111 cm³/mol. The number of hydrogen-bond donors (Lipinski definition) is 0. The normalized spacial score (nSPS) is 15.0. The van der Waals surface area contributed by atoms with E-state index in [0.717, 1.165) is 31.7 Å². The highest BCUT2D eigenvalue weighted by atomic mass is 19.4. The van der Waals surface area contributed by atoms with E-state index in [-0.39, 0.29) is 22.8 Å². The number of methoxy groups -OCH3 is 2. The molecule has 0 aliphatic carbocycles. The number of nitrogens with zero attached hydrogens (tertiary/aromatic N) is 4. The van der Waals surface area contributed by atoms with Crippen molar-refractivity contribution in [3.8, 4) is 22.8 Å². The van der Waals surface area contributed by atoms with Crippen LogP contribution in [-0.4, -0.2) is 52.7 Å². The number of rotatable bonds is 4. The highest BCUT2D eigenvalue weighted by molar-refractivity contribution is 6.00. The van der Waals surface area contributed by atoms with Gasteiger partial charge in [-0.05, 0) is 37.1 Å². The fourth-order valence-corrected chi connectivity index (χ4v) is 3.90. The summed E-state index contributed by atoms with van der Waals surface area (Å²) in [5.74, 6) is 0.441. The van der Waals surface area contributed by atoms with E-state index in [4.69, 9.17) is 9.47 Å². The summed E-state index contributed by atoms with van der Waals surface area (Å²) in [6, 6.07) is 5.64. The minimum atomic E-state index is -4.69. The Labute approximate surface area is 182 Å². The highest BCUT2D eigenvalue weighted by Gasteiger charge is 2.36. The van der Waals surface area contributed by atoms with Crippen molar-refractivity contribution in [3.05, 3.63) is 41.7 Å². The third kappa shape index (κ3) is 4.09. The molecule has 32 heavy (non-hydrogen) atoms. The Morgan fingerprint density at radius 1 is 1.00 bits per heavy atom. The number of ether oxygens (including phenoxy) is 2. The van der Waals surface area contributed by atoms with E-state index >= 15 is 0 Å². The molecule has 170 valence electrons. The minimum Gasteiger partial charge on any atom is -0.493 e. The summed E-state index contributed by atoms with van der Waals surface area (Å²) < 4.78 is 52.8. The van der Waals surface area contributed by atoms with Gasteiger partial charge in [-0.2, -0.15) is 18.3 Å². The number of carbonyl (C=O) groups is 1. The zero-order valence-electron chi connectivity index (χ0n) is 17.8. The summed E-state index contributed by atoms with van der Waals surface area (Å²) >= 11 is 0. The molecule has 0 saturated carbocycles. The van der Waals surface area contributed by atoms with Crippen molar-refractivity contribution in [3.63, 3.8) is 0 Å². The van der Waals surface area contributed by atoms with Crippen LogP contribution in [0.3, 0.4) is 0 Å². The van der Waals surface area contributed by atoms with Crippen LogP contribution < -0.4 is 9.47 Å². The van der Waals surface area contributed by atoms with Crippen LogP contribution in [0.5, 0.6) is 11.5 Å². The first-order valence-corrected chi connectivity index (χ1v) is 10.3. The van der Waals surface area contributed by atoms with E-state index in [1.807, 2.05) is 0 Å². The molecule has 1 aliphatic rings. The molecule has 1 aliphatic heterocycles. The number of alkyl halides is 3. The highest BCUT2D eigenvalue weighted by Crippen LogP contribution is 2.36. The molecule has 1 saturated heterocycles. The summed E-state index contributed by atoms with van der Waals surface area (Å²) in [7, 11) is 2.91.